The van der Waals surface area contributed by atoms with E-state index in [1.54, 1.807) is 0 Å². The molecule has 2 bridgehead atoms. The van der Waals surface area contributed by atoms with Gasteiger partial charge in [0.05, 0.1) is 0 Å². The molecule has 1 aromatic carbocycles. The molecule has 0 aromatic heterocycles. The van der Waals surface area contributed by atoms with Gasteiger partial charge in [-0.3, -0.25) is 4.79 Å². The Hall–Kier alpha value is -2.24. The summed E-state index contributed by atoms with van der Waals surface area (Å²) >= 11 is 0. The summed E-state index contributed by atoms with van der Waals surface area (Å²) in [6, 6.07) is 3.81. The maximum Gasteiger partial charge on any atom is 0.342 e. The average Bonchev–Trinajstić information content (AvgIpc) is 2.73. The molecular weight excluding hydrogens is 322 g/mol. The van der Waals surface area contributed by atoms with E-state index in [0.717, 1.165) is 25.3 Å². The number of fused-ring (bicyclic) bond motifs is 2. The van der Waals surface area contributed by atoms with E-state index in [1.807, 2.05) is 4.90 Å². The van der Waals surface area contributed by atoms with Gasteiger partial charge in [-0.1, -0.05) is 20.8 Å². The smallest absolute Gasteiger partial charge is 0.342 e. The number of benzene rings is 1. The molecule has 1 aliphatic carbocycles. The van der Waals surface area contributed by atoms with E-state index in [0.29, 0.717) is 6.54 Å². The highest BCUT2D eigenvalue weighted by Crippen LogP contribution is 2.52. The first-order valence-electron chi connectivity index (χ1n) is 8.57. The SMILES string of the molecule is CC1(C)C[C@H]2C[C@@](C)(CN2C(=O)COC(=O)c2ccc(O)cc2O)C1. The fourth-order valence-electron chi connectivity index (χ4n) is 4.73. The number of hydrogen-bond acceptors (Lipinski definition) is 5. The minimum absolute atomic E-state index is 0.0705. The van der Waals surface area contributed by atoms with Crippen molar-refractivity contribution in [2.45, 2.75) is 46.1 Å². The first-order chi connectivity index (χ1) is 11.6. The number of amides is 1. The van der Waals surface area contributed by atoms with Gasteiger partial charge in [0.2, 0.25) is 0 Å². The van der Waals surface area contributed by atoms with E-state index in [2.05, 4.69) is 20.8 Å². The van der Waals surface area contributed by atoms with Crippen LogP contribution in [0.3, 0.4) is 0 Å². The van der Waals surface area contributed by atoms with E-state index in [4.69, 9.17) is 4.74 Å². The summed E-state index contributed by atoms with van der Waals surface area (Å²) in [5.41, 5.74) is 0.265. The van der Waals surface area contributed by atoms with Crippen molar-refractivity contribution in [3.63, 3.8) is 0 Å². The lowest BCUT2D eigenvalue weighted by Gasteiger charge is -2.39. The maximum absolute atomic E-state index is 12.6. The third-order valence-electron chi connectivity index (χ3n) is 5.26. The standard InChI is InChI=1S/C19H25NO5/c1-18(2)7-12-8-19(3,10-18)11-20(12)16(23)9-25-17(24)14-5-4-13(21)6-15(14)22/h4-6,12,21-22H,7-11H2,1-3H3/t12-,19+/m0/s1. The Balaban J connectivity index is 1.62. The second kappa shape index (κ2) is 5.93. The van der Waals surface area contributed by atoms with Gasteiger partial charge in [-0.2, -0.15) is 0 Å². The summed E-state index contributed by atoms with van der Waals surface area (Å²) in [7, 11) is 0. The third kappa shape index (κ3) is 3.57. The molecule has 0 radical (unpaired) electrons. The van der Waals surface area contributed by atoms with Crippen molar-refractivity contribution in [1.82, 2.24) is 4.90 Å². The first kappa shape index (κ1) is 17.6. The highest BCUT2D eigenvalue weighted by atomic mass is 16.5. The predicted molar refractivity (Wildman–Crippen MR) is 91.3 cm³/mol. The first-order valence-corrected chi connectivity index (χ1v) is 8.57. The molecule has 1 heterocycles. The van der Waals surface area contributed by atoms with Crippen LogP contribution in [0.25, 0.3) is 0 Å². The summed E-state index contributed by atoms with van der Waals surface area (Å²) in [5, 5.41) is 19.0. The molecule has 2 aliphatic rings. The van der Waals surface area contributed by atoms with Crippen molar-refractivity contribution in [3.05, 3.63) is 23.8 Å². The van der Waals surface area contributed by atoms with Gasteiger partial charge in [0.25, 0.3) is 5.91 Å². The monoisotopic (exact) mass is 347 g/mol. The number of hydrogen-bond donors (Lipinski definition) is 2. The quantitative estimate of drug-likeness (QED) is 0.821. The van der Waals surface area contributed by atoms with Crippen molar-refractivity contribution in [2.24, 2.45) is 10.8 Å². The molecule has 1 amide bonds. The lowest BCUT2D eigenvalue weighted by molar-refractivity contribution is -0.135. The molecule has 136 valence electrons. The molecule has 6 nitrogen and oxygen atoms in total. The van der Waals surface area contributed by atoms with Crippen LogP contribution in [0, 0.1) is 10.8 Å². The van der Waals surface area contributed by atoms with Crippen LogP contribution in [0.4, 0.5) is 0 Å². The summed E-state index contributed by atoms with van der Waals surface area (Å²) in [4.78, 5) is 26.5. The van der Waals surface area contributed by atoms with Gasteiger partial charge in [0, 0.05) is 18.7 Å². The topological polar surface area (TPSA) is 87.1 Å². The largest absolute Gasteiger partial charge is 0.508 e. The molecule has 1 aromatic rings. The van der Waals surface area contributed by atoms with Crippen molar-refractivity contribution < 1.29 is 24.5 Å². The molecule has 1 saturated heterocycles. The predicted octanol–water partition coefficient (Wildman–Crippen LogP) is 2.68. The molecule has 3 rings (SSSR count). The summed E-state index contributed by atoms with van der Waals surface area (Å²) in [6.07, 6.45) is 3.04. The van der Waals surface area contributed by atoms with Crippen molar-refractivity contribution >= 4 is 11.9 Å². The van der Waals surface area contributed by atoms with Gasteiger partial charge < -0.3 is 19.8 Å². The molecule has 1 aliphatic heterocycles. The number of carbonyl (C=O) groups is 2. The minimum Gasteiger partial charge on any atom is -0.508 e. The second-order valence-corrected chi connectivity index (χ2v) is 8.51. The number of rotatable bonds is 3. The van der Waals surface area contributed by atoms with E-state index in [9.17, 15) is 19.8 Å². The zero-order chi connectivity index (χ0) is 18.4. The maximum atomic E-state index is 12.6. The van der Waals surface area contributed by atoms with Crippen LogP contribution in [-0.4, -0.2) is 46.2 Å². The lowest BCUT2D eigenvalue weighted by atomic mass is 9.65. The Morgan fingerprint density at radius 3 is 2.64 bits per heavy atom. The highest BCUT2D eigenvalue weighted by molar-refractivity contribution is 5.94. The van der Waals surface area contributed by atoms with Crippen LogP contribution >= 0.6 is 0 Å². The molecule has 0 unspecified atom stereocenters. The Morgan fingerprint density at radius 2 is 1.96 bits per heavy atom. The van der Waals surface area contributed by atoms with Crippen molar-refractivity contribution in [2.75, 3.05) is 13.2 Å². The molecule has 6 heteroatoms. The zero-order valence-electron chi connectivity index (χ0n) is 14.9. The Kier molecular flexibility index (Phi) is 4.17. The van der Waals surface area contributed by atoms with Gasteiger partial charge >= 0.3 is 5.97 Å². The molecule has 1 saturated carbocycles. The second-order valence-electron chi connectivity index (χ2n) is 8.51. The highest BCUT2D eigenvalue weighted by Gasteiger charge is 2.50. The fourth-order valence-corrected chi connectivity index (χ4v) is 4.73. The molecule has 2 atom stereocenters. The number of carbonyl (C=O) groups excluding carboxylic acids is 2. The number of ether oxygens (including phenoxy) is 1. The number of aromatic hydroxyl groups is 2. The van der Waals surface area contributed by atoms with Crippen LogP contribution in [0.2, 0.25) is 0 Å². The van der Waals surface area contributed by atoms with Crippen molar-refractivity contribution in [3.8, 4) is 11.5 Å². The summed E-state index contributed by atoms with van der Waals surface area (Å²) in [5.74, 6) is -1.49. The van der Waals surface area contributed by atoms with Gasteiger partial charge in [-0.15, -0.1) is 0 Å². The average molecular weight is 347 g/mol. The van der Waals surface area contributed by atoms with Crippen LogP contribution in [-0.2, 0) is 9.53 Å². The van der Waals surface area contributed by atoms with Crippen molar-refractivity contribution in [1.29, 1.82) is 0 Å². The van der Waals surface area contributed by atoms with Crippen LogP contribution in [0.15, 0.2) is 18.2 Å². The van der Waals surface area contributed by atoms with Gasteiger partial charge in [-0.25, -0.2) is 4.79 Å². The van der Waals surface area contributed by atoms with Crippen LogP contribution in [0.1, 0.15) is 50.4 Å². The number of nitrogens with zero attached hydrogens (tertiary/aromatic N) is 1. The summed E-state index contributed by atoms with van der Waals surface area (Å²) in [6.45, 7) is 7.04. The van der Waals surface area contributed by atoms with E-state index >= 15 is 0 Å². The Morgan fingerprint density at radius 1 is 1.24 bits per heavy atom. The van der Waals surface area contributed by atoms with Gasteiger partial charge in [0.15, 0.2) is 6.61 Å². The van der Waals surface area contributed by atoms with E-state index in [1.165, 1.54) is 12.1 Å². The Labute approximate surface area is 147 Å². The van der Waals surface area contributed by atoms with Gasteiger partial charge in [0.1, 0.15) is 17.1 Å². The molecule has 2 fully saturated rings. The number of phenols is 2. The van der Waals surface area contributed by atoms with Crippen LogP contribution < -0.4 is 0 Å². The molecule has 2 N–H and O–H groups in total. The number of phenolic OH excluding ortho intramolecular Hbond substituents is 2. The fraction of sp³-hybridized carbons (Fsp3) is 0.579. The Bertz CT molecular complexity index is 714. The summed E-state index contributed by atoms with van der Waals surface area (Å²) < 4.78 is 5.08. The zero-order valence-corrected chi connectivity index (χ0v) is 14.9. The number of esters is 1. The lowest BCUT2D eigenvalue weighted by Crippen LogP contribution is -2.39. The molecular formula is C19H25NO5. The number of likely N-dealkylation sites (tertiary alicyclic amines) is 1. The minimum atomic E-state index is -0.778. The van der Waals surface area contributed by atoms with Gasteiger partial charge in [-0.05, 0) is 42.2 Å². The normalized spacial score (nSPS) is 27.2. The van der Waals surface area contributed by atoms with Crippen LogP contribution in [0.5, 0.6) is 11.5 Å². The third-order valence-corrected chi connectivity index (χ3v) is 5.26. The molecule has 0 spiro atoms. The van der Waals surface area contributed by atoms with E-state index < -0.39 is 5.97 Å². The molecule has 25 heavy (non-hydrogen) atoms. The van der Waals surface area contributed by atoms with E-state index in [-0.39, 0.29) is 46.4 Å².